The molecule has 0 aliphatic rings. The molecule has 0 unspecified atom stereocenters. The molecule has 0 aliphatic heterocycles. The third kappa shape index (κ3) is 3.97. The Bertz CT molecular complexity index is 638. The number of pyridine rings is 1. The first-order valence-electron chi connectivity index (χ1n) is 8.06. The number of hydrogen-bond donors (Lipinski definition) is 2. The minimum atomic E-state index is 0.0943. The first-order chi connectivity index (χ1) is 10.8. The number of fused-ring (bicyclic) bond motifs is 1. The fourth-order valence-corrected chi connectivity index (χ4v) is 2.67. The average Bonchev–Trinajstić information content (AvgIpc) is 2.56. The molecule has 0 bridgehead atoms. The van der Waals surface area contributed by atoms with E-state index in [1.165, 1.54) is 25.7 Å². The van der Waals surface area contributed by atoms with Crippen LogP contribution >= 0.6 is 0 Å². The third-order valence-corrected chi connectivity index (χ3v) is 3.95. The van der Waals surface area contributed by atoms with Crippen LogP contribution in [-0.4, -0.2) is 21.0 Å². The Labute approximate surface area is 131 Å². The minimum Gasteiger partial charge on any atom is -0.505 e. The molecule has 0 aliphatic carbocycles. The highest BCUT2D eigenvalue weighted by molar-refractivity contribution is 6.06. The molecule has 4 nitrogen and oxygen atoms in total. The lowest BCUT2D eigenvalue weighted by atomic mass is 10.0. The topological polar surface area (TPSA) is 65.7 Å². The quantitative estimate of drug-likeness (QED) is 0.316. The zero-order chi connectivity index (χ0) is 15.8. The SMILES string of the molecule is CCCCCCCC/C(=N/O)c1ccc2cccnc2c1O. The van der Waals surface area contributed by atoms with Crippen LogP contribution in [0.4, 0.5) is 0 Å². The molecule has 2 rings (SSSR count). The molecule has 1 aromatic carbocycles. The number of aromatic hydroxyl groups is 1. The van der Waals surface area contributed by atoms with Crippen LogP contribution in [0, 0.1) is 0 Å². The highest BCUT2D eigenvalue weighted by Gasteiger charge is 2.13. The Kier molecular flexibility index (Phi) is 6.19. The zero-order valence-electron chi connectivity index (χ0n) is 13.1. The van der Waals surface area contributed by atoms with Gasteiger partial charge in [-0.15, -0.1) is 0 Å². The number of phenols is 1. The number of hydrogen-bond acceptors (Lipinski definition) is 4. The van der Waals surface area contributed by atoms with Crippen molar-refractivity contribution in [2.24, 2.45) is 5.16 Å². The van der Waals surface area contributed by atoms with E-state index in [1.54, 1.807) is 12.3 Å². The van der Waals surface area contributed by atoms with Crippen LogP contribution in [0.5, 0.6) is 5.75 Å². The lowest BCUT2D eigenvalue weighted by Crippen LogP contribution is -2.02. The summed E-state index contributed by atoms with van der Waals surface area (Å²) in [5.41, 5.74) is 1.65. The highest BCUT2D eigenvalue weighted by Crippen LogP contribution is 2.28. The maximum absolute atomic E-state index is 10.4. The van der Waals surface area contributed by atoms with Gasteiger partial charge in [0.05, 0.1) is 5.71 Å². The van der Waals surface area contributed by atoms with Crippen LogP contribution < -0.4 is 0 Å². The summed E-state index contributed by atoms with van der Waals surface area (Å²) in [4.78, 5) is 4.20. The third-order valence-electron chi connectivity index (χ3n) is 3.95. The van der Waals surface area contributed by atoms with Gasteiger partial charge in [0.25, 0.3) is 0 Å². The maximum atomic E-state index is 10.4. The Morgan fingerprint density at radius 3 is 2.64 bits per heavy atom. The Morgan fingerprint density at radius 2 is 1.86 bits per heavy atom. The molecule has 1 heterocycles. The van der Waals surface area contributed by atoms with Crippen LogP contribution in [0.25, 0.3) is 10.9 Å². The number of oxime groups is 1. The van der Waals surface area contributed by atoms with Crippen molar-refractivity contribution in [1.29, 1.82) is 0 Å². The first kappa shape index (κ1) is 16.3. The van der Waals surface area contributed by atoms with Gasteiger partial charge < -0.3 is 10.3 Å². The Hall–Kier alpha value is -2.10. The smallest absolute Gasteiger partial charge is 0.150 e. The summed E-state index contributed by atoms with van der Waals surface area (Å²) in [6.07, 6.45) is 9.36. The van der Waals surface area contributed by atoms with E-state index >= 15 is 0 Å². The van der Waals surface area contributed by atoms with E-state index in [1.807, 2.05) is 18.2 Å². The number of rotatable bonds is 8. The molecule has 1 aromatic heterocycles. The summed E-state index contributed by atoms with van der Waals surface area (Å²) in [7, 11) is 0. The Balaban J connectivity index is 2.04. The molecule has 4 heteroatoms. The highest BCUT2D eigenvalue weighted by atomic mass is 16.4. The molecule has 0 saturated carbocycles. The van der Waals surface area contributed by atoms with Crippen LogP contribution in [-0.2, 0) is 0 Å². The van der Waals surface area contributed by atoms with Crippen molar-refractivity contribution in [3.63, 3.8) is 0 Å². The fourth-order valence-electron chi connectivity index (χ4n) is 2.67. The lowest BCUT2D eigenvalue weighted by Gasteiger charge is -2.09. The van der Waals surface area contributed by atoms with Crippen molar-refractivity contribution in [1.82, 2.24) is 4.98 Å². The van der Waals surface area contributed by atoms with Crippen molar-refractivity contribution in [3.05, 3.63) is 36.0 Å². The van der Waals surface area contributed by atoms with E-state index in [9.17, 15) is 10.3 Å². The van der Waals surface area contributed by atoms with Crippen molar-refractivity contribution in [2.75, 3.05) is 0 Å². The fraction of sp³-hybridized carbons (Fsp3) is 0.444. The second-order valence-corrected chi connectivity index (χ2v) is 5.60. The zero-order valence-corrected chi connectivity index (χ0v) is 13.1. The van der Waals surface area contributed by atoms with Gasteiger partial charge in [0, 0.05) is 17.1 Å². The maximum Gasteiger partial charge on any atom is 0.150 e. The molecule has 0 saturated heterocycles. The molecule has 2 N–H and O–H groups in total. The molecule has 22 heavy (non-hydrogen) atoms. The number of nitrogens with zero attached hydrogens (tertiary/aromatic N) is 2. The monoisotopic (exact) mass is 300 g/mol. The van der Waals surface area contributed by atoms with Crippen molar-refractivity contribution in [2.45, 2.75) is 51.9 Å². The molecule has 0 spiro atoms. The van der Waals surface area contributed by atoms with Crippen molar-refractivity contribution >= 4 is 16.6 Å². The van der Waals surface area contributed by atoms with Crippen molar-refractivity contribution < 1.29 is 10.3 Å². The number of phenolic OH excluding ortho intramolecular Hbond substituents is 1. The number of benzene rings is 1. The van der Waals surface area contributed by atoms with Crippen LogP contribution in [0.15, 0.2) is 35.6 Å². The molecule has 2 aromatic rings. The standard InChI is InChI=1S/C18H24N2O2/c1-2-3-4-5-6-7-10-16(20-22)15-12-11-14-9-8-13-19-17(14)18(15)21/h8-9,11-13,21-22H,2-7,10H2,1H3/b20-16-. The van der Waals surface area contributed by atoms with E-state index in [0.29, 0.717) is 23.2 Å². The van der Waals surface area contributed by atoms with Gasteiger partial charge in [-0.2, -0.15) is 0 Å². The van der Waals surface area contributed by atoms with Gasteiger partial charge >= 0.3 is 0 Å². The summed E-state index contributed by atoms with van der Waals surface area (Å²) in [5, 5.41) is 23.9. The van der Waals surface area contributed by atoms with Gasteiger partial charge in [-0.25, -0.2) is 0 Å². The summed E-state index contributed by atoms with van der Waals surface area (Å²) >= 11 is 0. The van der Waals surface area contributed by atoms with Gasteiger partial charge in [-0.3, -0.25) is 4.98 Å². The van der Waals surface area contributed by atoms with Gasteiger partial charge in [0.15, 0.2) is 5.75 Å². The van der Waals surface area contributed by atoms with Gasteiger partial charge in [0.2, 0.25) is 0 Å². The Morgan fingerprint density at radius 1 is 1.09 bits per heavy atom. The van der Waals surface area contributed by atoms with Crippen LogP contribution in [0.2, 0.25) is 0 Å². The molecule has 118 valence electrons. The summed E-state index contributed by atoms with van der Waals surface area (Å²) < 4.78 is 0. The van der Waals surface area contributed by atoms with E-state index in [4.69, 9.17) is 0 Å². The molecular formula is C18H24N2O2. The summed E-state index contributed by atoms with van der Waals surface area (Å²) in [6, 6.07) is 7.42. The van der Waals surface area contributed by atoms with Gasteiger partial charge in [-0.05, 0) is 25.0 Å². The van der Waals surface area contributed by atoms with Gasteiger partial charge in [-0.1, -0.05) is 56.3 Å². The van der Waals surface area contributed by atoms with E-state index < -0.39 is 0 Å². The first-order valence-corrected chi connectivity index (χ1v) is 8.06. The molecule has 0 amide bonds. The predicted molar refractivity (Wildman–Crippen MR) is 89.7 cm³/mol. The van der Waals surface area contributed by atoms with Crippen molar-refractivity contribution in [3.8, 4) is 5.75 Å². The minimum absolute atomic E-state index is 0.0943. The molecule has 0 atom stereocenters. The lowest BCUT2D eigenvalue weighted by molar-refractivity contribution is 0.317. The predicted octanol–water partition coefficient (Wildman–Crippen LogP) is 4.87. The second-order valence-electron chi connectivity index (χ2n) is 5.60. The summed E-state index contributed by atoms with van der Waals surface area (Å²) in [5.74, 6) is 0.0943. The molecule has 0 fully saturated rings. The number of unbranched alkanes of at least 4 members (excludes halogenated alkanes) is 5. The number of aromatic nitrogens is 1. The average molecular weight is 300 g/mol. The van der Waals surface area contributed by atoms with Crippen LogP contribution in [0.1, 0.15) is 57.4 Å². The second kappa shape index (κ2) is 8.37. The molecular weight excluding hydrogens is 276 g/mol. The van der Waals surface area contributed by atoms with E-state index in [0.717, 1.165) is 18.2 Å². The molecule has 0 radical (unpaired) electrons. The van der Waals surface area contributed by atoms with Crippen LogP contribution in [0.3, 0.4) is 0 Å². The normalized spacial score (nSPS) is 12.0. The largest absolute Gasteiger partial charge is 0.505 e. The van der Waals surface area contributed by atoms with E-state index in [-0.39, 0.29) is 5.75 Å². The van der Waals surface area contributed by atoms with Gasteiger partial charge in [0.1, 0.15) is 5.52 Å². The summed E-state index contributed by atoms with van der Waals surface area (Å²) in [6.45, 7) is 2.20. The van der Waals surface area contributed by atoms with E-state index in [2.05, 4.69) is 17.1 Å².